The van der Waals surface area contributed by atoms with E-state index in [1.54, 1.807) is 23.5 Å². The second kappa shape index (κ2) is 6.78. The van der Waals surface area contributed by atoms with E-state index in [1.165, 1.54) is 12.6 Å². The Hall–Kier alpha value is -2.30. The first-order valence-corrected chi connectivity index (χ1v) is 9.73. The Kier molecular flexibility index (Phi) is 4.47. The molecule has 2 aliphatic rings. The molecule has 1 atom stereocenters. The average molecular weight is 367 g/mol. The second-order valence-electron chi connectivity index (χ2n) is 7.26. The van der Waals surface area contributed by atoms with Crippen LogP contribution in [0, 0.1) is 16.7 Å². The number of rotatable bonds is 4. The molecular formula is C19H21N5OS. The number of hydrogen-bond acceptors (Lipinski definition) is 6. The van der Waals surface area contributed by atoms with Crippen molar-refractivity contribution in [3.63, 3.8) is 0 Å². The van der Waals surface area contributed by atoms with Crippen LogP contribution >= 0.6 is 11.3 Å². The number of likely N-dealkylation sites (tertiary alicyclic amines) is 1. The minimum atomic E-state index is -0.0299. The Bertz CT molecular complexity index is 819. The molecule has 6 nitrogen and oxygen atoms in total. The summed E-state index contributed by atoms with van der Waals surface area (Å²) in [6.45, 7) is 2.46. The van der Waals surface area contributed by atoms with E-state index in [9.17, 15) is 4.79 Å². The van der Waals surface area contributed by atoms with Gasteiger partial charge in [-0.2, -0.15) is 5.26 Å². The number of nitrogens with zero attached hydrogens (tertiary/aromatic N) is 5. The van der Waals surface area contributed by atoms with E-state index in [0.29, 0.717) is 22.7 Å². The zero-order valence-corrected chi connectivity index (χ0v) is 15.6. The van der Waals surface area contributed by atoms with Crippen LogP contribution in [0.2, 0.25) is 0 Å². The first kappa shape index (κ1) is 17.1. The van der Waals surface area contributed by atoms with E-state index in [0.717, 1.165) is 37.5 Å². The number of carbonyl (C=O) groups excluding carboxylic acids is 1. The van der Waals surface area contributed by atoms with E-state index >= 15 is 0 Å². The lowest BCUT2D eigenvalue weighted by atomic mass is 9.92. The minimum absolute atomic E-state index is 0.0299. The molecule has 0 radical (unpaired) electrons. The number of aromatic nitrogens is 2. The van der Waals surface area contributed by atoms with Gasteiger partial charge in [0, 0.05) is 36.9 Å². The maximum Gasteiger partial charge on any atom is 0.272 e. The van der Waals surface area contributed by atoms with E-state index in [2.05, 4.69) is 21.9 Å². The lowest BCUT2D eigenvalue weighted by Gasteiger charge is -2.34. The Labute approximate surface area is 157 Å². The molecule has 0 N–H and O–H groups in total. The maximum absolute atomic E-state index is 12.6. The Morgan fingerprint density at radius 1 is 1.42 bits per heavy atom. The van der Waals surface area contributed by atoms with Crippen LogP contribution in [0.4, 0.5) is 0 Å². The van der Waals surface area contributed by atoms with Gasteiger partial charge in [-0.15, -0.1) is 11.3 Å². The molecular weight excluding hydrogens is 346 g/mol. The van der Waals surface area contributed by atoms with Crippen LogP contribution in [-0.4, -0.2) is 51.9 Å². The van der Waals surface area contributed by atoms with E-state index in [-0.39, 0.29) is 5.91 Å². The van der Waals surface area contributed by atoms with Gasteiger partial charge in [-0.1, -0.05) is 0 Å². The highest BCUT2D eigenvalue weighted by atomic mass is 32.1. The molecule has 2 aromatic heterocycles. The summed E-state index contributed by atoms with van der Waals surface area (Å²) in [5.41, 5.74) is 1.26. The molecule has 1 aliphatic carbocycles. The van der Waals surface area contributed by atoms with Crippen molar-refractivity contribution in [3.05, 3.63) is 46.2 Å². The monoisotopic (exact) mass is 367 g/mol. The molecule has 134 valence electrons. The summed E-state index contributed by atoms with van der Waals surface area (Å²) in [5.74, 6) is -0.0299. The van der Waals surface area contributed by atoms with Gasteiger partial charge >= 0.3 is 0 Å². The fourth-order valence-electron chi connectivity index (χ4n) is 4.05. The maximum atomic E-state index is 12.6. The van der Waals surface area contributed by atoms with Gasteiger partial charge in [-0.3, -0.25) is 9.69 Å². The van der Waals surface area contributed by atoms with Gasteiger partial charge in [0.25, 0.3) is 5.91 Å². The number of carbonyl (C=O) groups is 1. The lowest BCUT2D eigenvalue weighted by molar-refractivity contribution is 0.0652. The van der Waals surface area contributed by atoms with Crippen molar-refractivity contribution in [2.75, 3.05) is 20.1 Å². The summed E-state index contributed by atoms with van der Waals surface area (Å²) >= 11 is 1.70. The topological polar surface area (TPSA) is 73.1 Å². The van der Waals surface area contributed by atoms with Crippen LogP contribution in [0.15, 0.2) is 29.9 Å². The lowest BCUT2D eigenvalue weighted by Crippen LogP contribution is -2.41. The van der Waals surface area contributed by atoms with Crippen molar-refractivity contribution < 1.29 is 4.79 Å². The molecule has 2 aromatic rings. The van der Waals surface area contributed by atoms with Crippen molar-refractivity contribution in [2.24, 2.45) is 5.41 Å². The summed E-state index contributed by atoms with van der Waals surface area (Å²) in [4.78, 5) is 25.4. The van der Waals surface area contributed by atoms with Gasteiger partial charge in [0.1, 0.15) is 16.8 Å². The SMILES string of the molecule is CN(Cc1nccs1)[C@H]1CC12CCN(C(=O)c1ccc(C#N)cn1)CC2. The molecule has 1 saturated heterocycles. The van der Waals surface area contributed by atoms with Crippen molar-refractivity contribution >= 4 is 17.2 Å². The van der Waals surface area contributed by atoms with E-state index < -0.39 is 0 Å². The third-order valence-corrected chi connectivity index (χ3v) is 6.47. The van der Waals surface area contributed by atoms with Crippen LogP contribution < -0.4 is 0 Å². The average Bonchev–Trinajstić information content (AvgIpc) is 3.12. The first-order chi connectivity index (χ1) is 12.6. The number of piperidine rings is 1. The Balaban J connectivity index is 1.33. The summed E-state index contributed by atoms with van der Waals surface area (Å²) in [7, 11) is 2.18. The summed E-state index contributed by atoms with van der Waals surface area (Å²) in [6, 6.07) is 5.92. The van der Waals surface area contributed by atoms with Crippen molar-refractivity contribution in [1.82, 2.24) is 19.8 Å². The highest BCUT2D eigenvalue weighted by molar-refractivity contribution is 7.09. The largest absolute Gasteiger partial charge is 0.337 e. The Morgan fingerprint density at radius 2 is 2.23 bits per heavy atom. The van der Waals surface area contributed by atoms with Gasteiger partial charge < -0.3 is 4.90 Å². The molecule has 7 heteroatoms. The normalized spacial score (nSPS) is 21.0. The van der Waals surface area contributed by atoms with Gasteiger partial charge in [0.15, 0.2) is 0 Å². The molecule has 0 aromatic carbocycles. The van der Waals surface area contributed by atoms with Crippen LogP contribution in [0.1, 0.15) is 40.3 Å². The third-order valence-electron chi connectivity index (χ3n) is 5.70. The molecule has 0 bridgehead atoms. The molecule has 3 heterocycles. The molecule has 4 rings (SSSR count). The van der Waals surface area contributed by atoms with Crippen LogP contribution in [-0.2, 0) is 6.54 Å². The number of amides is 1. The van der Waals surface area contributed by atoms with Crippen LogP contribution in [0.5, 0.6) is 0 Å². The minimum Gasteiger partial charge on any atom is -0.337 e. The zero-order valence-electron chi connectivity index (χ0n) is 14.8. The molecule has 2 fully saturated rings. The molecule has 1 spiro atoms. The van der Waals surface area contributed by atoms with Crippen molar-refractivity contribution in [3.8, 4) is 6.07 Å². The number of nitriles is 1. The van der Waals surface area contributed by atoms with Gasteiger partial charge in [0.05, 0.1) is 12.1 Å². The summed E-state index contributed by atoms with van der Waals surface area (Å²) in [5, 5.41) is 12.0. The first-order valence-electron chi connectivity index (χ1n) is 8.85. The molecule has 0 unspecified atom stereocenters. The standard InChI is InChI=1S/C19H21N5OS/c1-23(13-17-21-6-9-26-17)16-10-19(16)4-7-24(8-5-19)18(25)15-3-2-14(11-20)12-22-15/h2-3,6,9,12,16H,4-5,7-8,10,13H2,1H3/t16-/m0/s1. The predicted molar refractivity (Wildman–Crippen MR) is 98.5 cm³/mol. The van der Waals surface area contributed by atoms with Crippen molar-refractivity contribution in [1.29, 1.82) is 5.26 Å². The number of pyridine rings is 1. The van der Waals surface area contributed by atoms with Crippen LogP contribution in [0.3, 0.4) is 0 Å². The van der Waals surface area contributed by atoms with Gasteiger partial charge in [0.2, 0.25) is 0 Å². The summed E-state index contributed by atoms with van der Waals surface area (Å²) in [6.07, 6.45) is 6.62. The van der Waals surface area contributed by atoms with E-state index in [4.69, 9.17) is 5.26 Å². The smallest absolute Gasteiger partial charge is 0.272 e. The fourth-order valence-corrected chi connectivity index (χ4v) is 4.72. The van der Waals surface area contributed by atoms with Crippen molar-refractivity contribution in [2.45, 2.75) is 31.8 Å². The fraction of sp³-hybridized carbons (Fsp3) is 0.474. The molecule has 1 aliphatic heterocycles. The van der Waals surface area contributed by atoms with Crippen LogP contribution in [0.25, 0.3) is 0 Å². The van der Waals surface area contributed by atoms with E-state index in [1.807, 2.05) is 22.5 Å². The third kappa shape index (κ3) is 3.22. The molecule has 1 amide bonds. The second-order valence-corrected chi connectivity index (χ2v) is 8.24. The Morgan fingerprint density at radius 3 is 2.85 bits per heavy atom. The quantitative estimate of drug-likeness (QED) is 0.830. The summed E-state index contributed by atoms with van der Waals surface area (Å²) < 4.78 is 0. The van der Waals surface area contributed by atoms with Gasteiger partial charge in [-0.05, 0) is 43.9 Å². The molecule has 26 heavy (non-hydrogen) atoms. The number of thiazole rings is 1. The highest BCUT2D eigenvalue weighted by Crippen LogP contribution is 2.56. The molecule has 1 saturated carbocycles. The van der Waals surface area contributed by atoms with Gasteiger partial charge in [-0.25, -0.2) is 9.97 Å². The predicted octanol–water partition coefficient (Wildman–Crippen LogP) is 2.54. The zero-order chi connectivity index (χ0) is 18.1. The number of hydrogen-bond donors (Lipinski definition) is 0. The highest BCUT2D eigenvalue weighted by Gasteiger charge is 2.56.